The molecule has 1 N–H and O–H groups in total. The Morgan fingerprint density at radius 3 is 2.60 bits per heavy atom. The number of hydrogen-bond acceptors (Lipinski definition) is 4. The fraction of sp³-hybridized carbons (Fsp3) is 0.292. The lowest BCUT2D eigenvalue weighted by atomic mass is 10.1. The highest BCUT2D eigenvalue weighted by Crippen LogP contribution is 2.28. The standard InChI is InChI=1S/C24H24BrNO4/c1-4-6-16-30-23(19-8-10-20(25)11-9-19)24(27)26-14-13-18-7-12-21(29-15-5-2)22(17-18)28-3/h2,7-12,17,23H,13-16H2,1,3H3,(H,26,27)/t23-/m0/s1. The third-order valence-electron chi connectivity index (χ3n) is 4.16. The molecular formula is C24H24BrNO4. The molecular weight excluding hydrogens is 446 g/mol. The van der Waals surface area contributed by atoms with Crippen molar-refractivity contribution in [3.05, 3.63) is 58.1 Å². The van der Waals surface area contributed by atoms with Gasteiger partial charge in [0.05, 0.1) is 7.11 Å². The SMILES string of the molecule is C#CCOc1ccc(CCNC(=O)[C@@H](OCC#CC)c2ccc(Br)cc2)cc1OC. The Hall–Kier alpha value is -2.93. The van der Waals surface area contributed by atoms with Crippen molar-refractivity contribution in [2.45, 2.75) is 19.4 Å². The lowest BCUT2D eigenvalue weighted by Gasteiger charge is -2.17. The molecule has 0 heterocycles. The minimum atomic E-state index is -0.729. The predicted octanol–water partition coefficient (Wildman–Crippen LogP) is 3.91. The van der Waals surface area contributed by atoms with Crippen molar-refractivity contribution in [3.8, 4) is 35.7 Å². The molecule has 0 aliphatic rings. The molecule has 1 amide bonds. The second-order valence-electron chi connectivity index (χ2n) is 6.19. The van der Waals surface area contributed by atoms with Gasteiger partial charge in [-0.1, -0.05) is 46.0 Å². The number of nitrogens with one attached hydrogen (secondary N) is 1. The highest BCUT2D eigenvalue weighted by molar-refractivity contribution is 9.10. The van der Waals surface area contributed by atoms with Crippen LogP contribution in [0.4, 0.5) is 0 Å². The Kier molecular flexibility index (Phi) is 9.80. The summed E-state index contributed by atoms with van der Waals surface area (Å²) in [5.74, 6) is 9.00. The van der Waals surface area contributed by atoms with E-state index in [9.17, 15) is 4.79 Å². The van der Waals surface area contributed by atoms with Gasteiger partial charge in [-0.05, 0) is 48.7 Å². The van der Waals surface area contributed by atoms with Crippen molar-refractivity contribution in [1.82, 2.24) is 5.32 Å². The largest absolute Gasteiger partial charge is 0.493 e. The van der Waals surface area contributed by atoms with E-state index in [2.05, 4.69) is 39.0 Å². The van der Waals surface area contributed by atoms with Crippen LogP contribution in [0.3, 0.4) is 0 Å². The van der Waals surface area contributed by atoms with E-state index in [0.29, 0.717) is 24.5 Å². The molecule has 0 aliphatic carbocycles. The van der Waals surface area contributed by atoms with Gasteiger partial charge in [0.2, 0.25) is 0 Å². The molecule has 1 atom stereocenters. The Morgan fingerprint density at radius 1 is 1.17 bits per heavy atom. The Morgan fingerprint density at radius 2 is 1.93 bits per heavy atom. The van der Waals surface area contributed by atoms with E-state index in [0.717, 1.165) is 15.6 Å². The number of terminal acetylenes is 1. The first-order valence-electron chi connectivity index (χ1n) is 9.36. The summed E-state index contributed by atoms with van der Waals surface area (Å²) in [7, 11) is 1.57. The zero-order valence-corrected chi connectivity index (χ0v) is 18.6. The normalized spacial score (nSPS) is 10.9. The highest BCUT2D eigenvalue weighted by atomic mass is 79.9. The van der Waals surface area contributed by atoms with E-state index >= 15 is 0 Å². The van der Waals surface area contributed by atoms with Crippen LogP contribution >= 0.6 is 15.9 Å². The molecule has 0 fully saturated rings. The Bertz CT molecular complexity index is 938. The van der Waals surface area contributed by atoms with E-state index < -0.39 is 6.10 Å². The lowest BCUT2D eigenvalue weighted by molar-refractivity contribution is -0.132. The van der Waals surface area contributed by atoms with Crippen LogP contribution < -0.4 is 14.8 Å². The maximum Gasteiger partial charge on any atom is 0.253 e. The molecule has 0 saturated carbocycles. The first-order chi connectivity index (χ1) is 14.6. The smallest absolute Gasteiger partial charge is 0.253 e. The van der Waals surface area contributed by atoms with Crippen LogP contribution in [-0.4, -0.2) is 32.8 Å². The van der Waals surface area contributed by atoms with E-state index in [1.165, 1.54) is 0 Å². The second-order valence-corrected chi connectivity index (χ2v) is 7.10. The van der Waals surface area contributed by atoms with Gasteiger partial charge in [-0.15, -0.1) is 12.3 Å². The molecule has 2 aromatic rings. The Balaban J connectivity index is 1.99. The molecule has 0 radical (unpaired) electrons. The van der Waals surface area contributed by atoms with Crippen LogP contribution in [0, 0.1) is 24.2 Å². The minimum absolute atomic E-state index is 0.172. The molecule has 6 heteroatoms. The minimum Gasteiger partial charge on any atom is -0.493 e. The van der Waals surface area contributed by atoms with Gasteiger partial charge in [0.25, 0.3) is 5.91 Å². The topological polar surface area (TPSA) is 56.8 Å². The van der Waals surface area contributed by atoms with E-state index in [4.69, 9.17) is 20.6 Å². The molecule has 2 rings (SSSR count). The van der Waals surface area contributed by atoms with Crippen LogP contribution in [0.25, 0.3) is 0 Å². The molecule has 30 heavy (non-hydrogen) atoms. The zero-order chi connectivity index (χ0) is 21.8. The van der Waals surface area contributed by atoms with Crippen LogP contribution in [0.5, 0.6) is 11.5 Å². The van der Waals surface area contributed by atoms with Gasteiger partial charge in [0.15, 0.2) is 17.6 Å². The number of benzene rings is 2. The number of amides is 1. The molecule has 156 valence electrons. The fourth-order valence-corrected chi connectivity index (χ4v) is 2.95. The van der Waals surface area contributed by atoms with Gasteiger partial charge in [0, 0.05) is 11.0 Å². The van der Waals surface area contributed by atoms with Crippen molar-refractivity contribution >= 4 is 21.8 Å². The number of carbonyl (C=O) groups excluding carboxylic acids is 1. The summed E-state index contributed by atoms with van der Waals surface area (Å²) in [6.45, 7) is 2.53. The van der Waals surface area contributed by atoms with Gasteiger partial charge >= 0.3 is 0 Å². The molecule has 5 nitrogen and oxygen atoms in total. The summed E-state index contributed by atoms with van der Waals surface area (Å²) in [4.78, 5) is 12.7. The highest BCUT2D eigenvalue weighted by Gasteiger charge is 2.21. The summed E-state index contributed by atoms with van der Waals surface area (Å²) < 4.78 is 17.4. The van der Waals surface area contributed by atoms with Crippen molar-refractivity contribution in [1.29, 1.82) is 0 Å². The number of rotatable bonds is 10. The van der Waals surface area contributed by atoms with Crippen molar-refractivity contribution in [2.75, 3.05) is 26.9 Å². The van der Waals surface area contributed by atoms with Crippen LogP contribution in [0.2, 0.25) is 0 Å². The average molecular weight is 470 g/mol. The number of carbonyl (C=O) groups is 1. The quantitative estimate of drug-likeness (QED) is 0.536. The monoisotopic (exact) mass is 469 g/mol. The van der Waals surface area contributed by atoms with E-state index in [-0.39, 0.29) is 19.1 Å². The van der Waals surface area contributed by atoms with Gasteiger partial charge in [-0.25, -0.2) is 0 Å². The van der Waals surface area contributed by atoms with Crippen LogP contribution in [0.15, 0.2) is 46.9 Å². The third kappa shape index (κ3) is 7.15. The lowest BCUT2D eigenvalue weighted by Crippen LogP contribution is -2.32. The molecule has 0 saturated heterocycles. The van der Waals surface area contributed by atoms with Gasteiger partial charge in [-0.3, -0.25) is 4.79 Å². The number of halogens is 1. The van der Waals surface area contributed by atoms with Crippen LogP contribution in [0.1, 0.15) is 24.2 Å². The summed E-state index contributed by atoms with van der Waals surface area (Å²) in [6.07, 6.45) is 5.12. The third-order valence-corrected chi connectivity index (χ3v) is 4.69. The van der Waals surface area contributed by atoms with Gasteiger partial charge in [0.1, 0.15) is 13.2 Å². The van der Waals surface area contributed by atoms with Crippen molar-refractivity contribution in [3.63, 3.8) is 0 Å². The number of methoxy groups -OCH3 is 1. The molecule has 0 aromatic heterocycles. The maximum atomic E-state index is 12.7. The van der Waals surface area contributed by atoms with E-state index in [1.807, 2.05) is 42.5 Å². The first-order valence-corrected chi connectivity index (χ1v) is 10.2. The molecule has 2 aromatic carbocycles. The number of hydrogen-bond donors (Lipinski definition) is 1. The molecule has 0 bridgehead atoms. The fourth-order valence-electron chi connectivity index (χ4n) is 2.69. The first kappa shape index (κ1) is 23.3. The zero-order valence-electron chi connectivity index (χ0n) is 17.0. The maximum absolute atomic E-state index is 12.7. The summed E-state index contributed by atoms with van der Waals surface area (Å²) in [6, 6.07) is 13.1. The molecule has 0 aliphatic heterocycles. The van der Waals surface area contributed by atoms with E-state index in [1.54, 1.807) is 14.0 Å². The molecule has 0 spiro atoms. The van der Waals surface area contributed by atoms with Crippen LogP contribution in [-0.2, 0) is 16.0 Å². The van der Waals surface area contributed by atoms with Gasteiger partial charge < -0.3 is 19.5 Å². The predicted molar refractivity (Wildman–Crippen MR) is 120 cm³/mol. The number of ether oxygens (including phenoxy) is 3. The Labute approximate surface area is 186 Å². The van der Waals surface area contributed by atoms with Gasteiger partial charge in [-0.2, -0.15) is 0 Å². The van der Waals surface area contributed by atoms with Crippen molar-refractivity contribution in [2.24, 2.45) is 0 Å². The summed E-state index contributed by atoms with van der Waals surface area (Å²) in [5.41, 5.74) is 1.77. The summed E-state index contributed by atoms with van der Waals surface area (Å²) >= 11 is 3.40. The summed E-state index contributed by atoms with van der Waals surface area (Å²) in [5, 5.41) is 2.94. The van der Waals surface area contributed by atoms with Crippen molar-refractivity contribution < 1.29 is 19.0 Å². The second kappa shape index (κ2) is 12.6. The molecule has 0 unspecified atom stereocenters. The average Bonchev–Trinajstić information content (AvgIpc) is 2.76.